The van der Waals surface area contributed by atoms with Gasteiger partial charge in [0.15, 0.2) is 0 Å². The number of benzene rings is 1. The van der Waals surface area contributed by atoms with Crippen molar-refractivity contribution in [1.29, 1.82) is 0 Å². The van der Waals surface area contributed by atoms with Crippen LogP contribution in [0.25, 0.3) is 0 Å². The molecule has 2 rings (SSSR count). The molecule has 0 spiro atoms. The van der Waals surface area contributed by atoms with Gasteiger partial charge in [-0.05, 0) is 24.8 Å². The number of nitrogens with two attached hydrogens (primary N) is 1. The standard InChI is InChI=1S/C14H19NO3/c15-13(9-11-5-2-1-3-6-11)14(16)18-10-12-7-4-8-17-12/h1-3,5-6,12-13H,4,7-10,15H2/t12?,13-/m0/s1. The maximum Gasteiger partial charge on any atom is 0.323 e. The summed E-state index contributed by atoms with van der Waals surface area (Å²) in [6.45, 7) is 1.08. The highest BCUT2D eigenvalue weighted by atomic mass is 16.6. The quantitative estimate of drug-likeness (QED) is 0.798. The zero-order valence-corrected chi connectivity index (χ0v) is 10.4. The van der Waals surface area contributed by atoms with E-state index in [4.69, 9.17) is 15.2 Å². The topological polar surface area (TPSA) is 61.6 Å². The molecule has 1 aliphatic rings. The van der Waals surface area contributed by atoms with Crippen LogP contribution in [-0.2, 0) is 20.7 Å². The summed E-state index contributed by atoms with van der Waals surface area (Å²) in [6, 6.07) is 9.10. The van der Waals surface area contributed by atoms with Crippen molar-refractivity contribution in [2.45, 2.75) is 31.4 Å². The Morgan fingerprint density at radius 2 is 2.22 bits per heavy atom. The molecular weight excluding hydrogens is 230 g/mol. The van der Waals surface area contributed by atoms with Crippen molar-refractivity contribution in [3.05, 3.63) is 35.9 Å². The number of rotatable bonds is 5. The Labute approximate surface area is 107 Å². The second-order valence-corrected chi connectivity index (χ2v) is 4.56. The minimum absolute atomic E-state index is 0.0536. The lowest BCUT2D eigenvalue weighted by molar-refractivity contribution is -0.148. The molecule has 0 radical (unpaired) electrons. The molecule has 0 bridgehead atoms. The third kappa shape index (κ3) is 3.82. The van der Waals surface area contributed by atoms with Gasteiger partial charge in [-0.2, -0.15) is 0 Å². The normalized spacial score (nSPS) is 20.6. The lowest BCUT2D eigenvalue weighted by atomic mass is 10.1. The van der Waals surface area contributed by atoms with E-state index in [2.05, 4.69) is 0 Å². The molecule has 4 heteroatoms. The summed E-state index contributed by atoms with van der Waals surface area (Å²) in [6.07, 6.45) is 2.56. The molecule has 2 atom stereocenters. The monoisotopic (exact) mass is 249 g/mol. The molecule has 1 saturated heterocycles. The summed E-state index contributed by atoms with van der Waals surface area (Å²) in [5.74, 6) is -0.352. The van der Waals surface area contributed by atoms with E-state index in [1.807, 2.05) is 30.3 Å². The summed E-state index contributed by atoms with van der Waals surface area (Å²) in [5, 5.41) is 0. The molecule has 4 nitrogen and oxygen atoms in total. The first-order chi connectivity index (χ1) is 8.75. The van der Waals surface area contributed by atoms with Gasteiger partial charge in [0.25, 0.3) is 0 Å². The molecule has 1 aliphatic heterocycles. The Kier molecular flexibility index (Phi) is 4.73. The smallest absolute Gasteiger partial charge is 0.323 e. The second-order valence-electron chi connectivity index (χ2n) is 4.56. The lowest BCUT2D eigenvalue weighted by Crippen LogP contribution is -2.35. The summed E-state index contributed by atoms with van der Waals surface area (Å²) >= 11 is 0. The lowest BCUT2D eigenvalue weighted by Gasteiger charge is -2.14. The van der Waals surface area contributed by atoms with Crippen LogP contribution in [0.1, 0.15) is 18.4 Å². The first-order valence-corrected chi connectivity index (χ1v) is 6.33. The van der Waals surface area contributed by atoms with E-state index < -0.39 is 6.04 Å². The van der Waals surface area contributed by atoms with Gasteiger partial charge in [0.05, 0.1) is 6.10 Å². The van der Waals surface area contributed by atoms with Crippen LogP contribution in [0, 0.1) is 0 Å². The van der Waals surface area contributed by atoms with Gasteiger partial charge < -0.3 is 15.2 Å². The fraction of sp³-hybridized carbons (Fsp3) is 0.500. The summed E-state index contributed by atoms with van der Waals surface area (Å²) in [4.78, 5) is 11.7. The van der Waals surface area contributed by atoms with Gasteiger partial charge in [0, 0.05) is 6.61 Å². The van der Waals surface area contributed by atoms with Crippen molar-refractivity contribution in [1.82, 2.24) is 0 Å². The Morgan fingerprint density at radius 1 is 1.44 bits per heavy atom. The fourth-order valence-corrected chi connectivity index (χ4v) is 2.01. The Bertz CT molecular complexity index is 374. The number of esters is 1. The van der Waals surface area contributed by atoms with Crippen LogP contribution in [0.5, 0.6) is 0 Å². The van der Waals surface area contributed by atoms with Gasteiger partial charge in [-0.1, -0.05) is 30.3 Å². The fourth-order valence-electron chi connectivity index (χ4n) is 2.01. The van der Waals surface area contributed by atoms with E-state index >= 15 is 0 Å². The summed E-state index contributed by atoms with van der Waals surface area (Å²) in [7, 11) is 0. The van der Waals surface area contributed by atoms with E-state index in [0.29, 0.717) is 13.0 Å². The molecule has 1 heterocycles. The van der Waals surface area contributed by atoms with Crippen molar-refractivity contribution in [3.8, 4) is 0 Å². The molecule has 1 unspecified atom stereocenters. The van der Waals surface area contributed by atoms with Gasteiger partial charge >= 0.3 is 5.97 Å². The average molecular weight is 249 g/mol. The molecule has 0 aliphatic carbocycles. The van der Waals surface area contributed by atoms with Gasteiger partial charge in [-0.3, -0.25) is 4.79 Å². The van der Waals surface area contributed by atoms with Crippen LogP contribution in [0.15, 0.2) is 30.3 Å². The maximum atomic E-state index is 11.7. The predicted octanol–water partition coefficient (Wildman–Crippen LogP) is 1.28. The van der Waals surface area contributed by atoms with Crippen molar-refractivity contribution < 1.29 is 14.3 Å². The highest BCUT2D eigenvalue weighted by Crippen LogP contribution is 2.12. The number of hydrogen-bond acceptors (Lipinski definition) is 4. The van der Waals surface area contributed by atoms with Gasteiger partial charge in [0.2, 0.25) is 0 Å². The van der Waals surface area contributed by atoms with E-state index in [1.165, 1.54) is 0 Å². The van der Waals surface area contributed by atoms with Gasteiger partial charge in [-0.25, -0.2) is 0 Å². The largest absolute Gasteiger partial charge is 0.462 e. The summed E-state index contributed by atoms with van der Waals surface area (Å²) in [5.41, 5.74) is 6.86. The Hall–Kier alpha value is -1.39. The molecule has 18 heavy (non-hydrogen) atoms. The van der Waals surface area contributed by atoms with E-state index in [-0.39, 0.29) is 12.1 Å². The van der Waals surface area contributed by atoms with Crippen molar-refractivity contribution in [3.63, 3.8) is 0 Å². The summed E-state index contributed by atoms with van der Waals surface area (Å²) < 4.78 is 10.6. The maximum absolute atomic E-state index is 11.7. The molecule has 0 amide bonds. The highest BCUT2D eigenvalue weighted by Gasteiger charge is 2.20. The van der Waals surface area contributed by atoms with E-state index in [1.54, 1.807) is 0 Å². The van der Waals surface area contributed by atoms with E-state index in [9.17, 15) is 4.79 Å². The predicted molar refractivity (Wildman–Crippen MR) is 68.1 cm³/mol. The molecule has 0 saturated carbocycles. The molecule has 1 aromatic rings. The third-order valence-corrected chi connectivity index (χ3v) is 3.04. The van der Waals surface area contributed by atoms with Crippen LogP contribution in [0.3, 0.4) is 0 Å². The Morgan fingerprint density at radius 3 is 2.89 bits per heavy atom. The first-order valence-electron chi connectivity index (χ1n) is 6.33. The highest BCUT2D eigenvalue weighted by molar-refractivity contribution is 5.75. The molecule has 0 aromatic heterocycles. The van der Waals surface area contributed by atoms with Crippen molar-refractivity contribution in [2.75, 3.05) is 13.2 Å². The van der Waals surface area contributed by atoms with Crippen molar-refractivity contribution in [2.24, 2.45) is 5.73 Å². The molecule has 1 aromatic carbocycles. The van der Waals surface area contributed by atoms with Crippen LogP contribution in [-0.4, -0.2) is 31.3 Å². The van der Waals surface area contributed by atoms with Crippen molar-refractivity contribution >= 4 is 5.97 Å². The minimum atomic E-state index is -0.603. The zero-order valence-electron chi connectivity index (χ0n) is 10.4. The number of hydrogen-bond donors (Lipinski definition) is 1. The molecular formula is C14H19NO3. The molecule has 2 N–H and O–H groups in total. The van der Waals surface area contributed by atoms with Crippen LogP contribution >= 0.6 is 0 Å². The van der Waals surface area contributed by atoms with Gasteiger partial charge in [0.1, 0.15) is 12.6 Å². The number of carbonyl (C=O) groups excluding carboxylic acids is 1. The first kappa shape index (κ1) is 13.1. The van der Waals surface area contributed by atoms with Crippen LogP contribution < -0.4 is 5.73 Å². The minimum Gasteiger partial charge on any atom is -0.462 e. The molecule has 1 fully saturated rings. The van der Waals surface area contributed by atoms with Crippen LogP contribution in [0.4, 0.5) is 0 Å². The van der Waals surface area contributed by atoms with Crippen LogP contribution in [0.2, 0.25) is 0 Å². The number of carbonyl (C=O) groups is 1. The second kappa shape index (κ2) is 6.52. The third-order valence-electron chi connectivity index (χ3n) is 3.04. The zero-order chi connectivity index (χ0) is 12.8. The number of ether oxygens (including phenoxy) is 2. The van der Waals surface area contributed by atoms with E-state index in [0.717, 1.165) is 25.0 Å². The SMILES string of the molecule is N[C@@H](Cc1ccccc1)C(=O)OCC1CCCO1. The molecule has 98 valence electrons. The Balaban J connectivity index is 1.74. The van der Waals surface area contributed by atoms with Gasteiger partial charge in [-0.15, -0.1) is 0 Å². The average Bonchev–Trinajstić information content (AvgIpc) is 2.90.